The number of pyridine rings is 1. The van der Waals surface area contributed by atoms with Gasteiger partial charge in [0, 0.05) is 63.9 Å². The van der Waals surface area contributed by atoms with Crippen molar-refractivity contribution in [3.63, 3.8) is 0 Å². The quantitative estimate of drug-likeness (QED) is 0.503. The monoisotopic (exact) mass is 476 g/mol. The Bertz CT molecular complexity index is 1330. The van der Waals surface area contributed by atoms with Crippen LogP contribution in [0.2, 0.25) is 0 Å². The molecule has 1 aliphatic heterocycles. The van der Waals surface area contributed by atoms with Crippen LogP contribution < -0.4 is 5.56 Å². The van der Waals surface area contributed by atoms with E-state index in [2.05, 4.69) is 4.99 Å². The molecule has 0 radical (unpaired) electrons. The van der Waals surface area contributed by atoms with E-state index in [-0.39, 0.29) is 22.6 Å². The zero-order valence-electron chi connectivity index (χ0n) is 17.8. The van der Waals surface area contributed by atoms with E-state index in [4.69, 9.17) is 0 Å². The van der Waals surface area contributed by atoms with Gasteiger partial charge in [-0.1, -0.05) is 19.1 Å². The molecule has 0 amide bonds. The Hall–Kier alpha value is -3.07. The second-order valence-electron chi connectivity index (χ2n) is 7.77. The average molecular weight is 476 g/mol. The van der Waals surface area contributed by atoms with Crippen LogP contribution in [0.3, 0.4) is 0 Å². The number of alkyl halides is 3. The number of fused-ring (bicyclic) bond motifs is 3. The summed E-state index contributed by atoms with van der Waals surface area (Å²) < 4.78 is 69.4. The first-order valence-corrected chi connectivity index (χ1v) is 11.7. The molecular formula is C24H20F4N2O2S. The Labute approximate surface area is 190 Å². The Morgan fingerprint density at radius 1 is 1.03 bits per heavy atom. The van der Waals surface area contributed by atoms with Gasteiger partial charge < -0.3 is 4.57 Å². The van der Waals surface area contributed by atoms with Gasteiger partial charge in [0.1, 0.15) is 5.82 Å². The van der Waals surface area contributed by atoms with Crippen LogP contribution in [-0.4, -0.2) is 26.4 Å². The molecule has 0 fully saturated rings. The summed E-state index contributed by atoms with van der Waals surface area (Å²) in [7, 11) is 0.341. The van der Waals surface area contributed by atoms with Crippen molar-refractivity contribution in [1.29, 1.82) is 0 Å². The van der Waals surface area contributed by atoms with Crippen molar-refractivity contribution in [2.45, 2.75) is 24.9 Å². The summed E-state index contributed by atoms with van der Waals surface area (Å²) in [6, 6.07) is 8.81. The van der Waals surface area contributed by atoms with E-state index in [0.29, 0.717) is 28.0 Å². The maximum atomic E-state index is 14.2. The number of aliphatic imine (C=N–C) groups is 1. The second-order valence-corrected chi connectivity index (χ2v) is 9.52. The first kappa shape index (κ1) is 23.1. The minimum Gasteiger partial charge on any atom is -0.318 e. The molecule has 33 heavy (non-hydrogen) atoms. The summed E-state index contributed by atoms with van der Waals surface area (Å²) in [5, 5.41) is 0. The lowest BCUT2D eigenvalue weighted by Crippen LogP contribution is -2.24. The number of aromatic nitrogens is 1. The highest BCUT2D eigenvalue weighted by Crippen LogP contribution is 2.44. The van der Waals surface area contributed by atoms with Gasteiger partial charge in [0.05, 0.1) is 5.71 Å². The SMILES string of the molecule is CCS(=O)Cc1ccc2c(c1)-c1cn(C)c(=O)cc1[C@H](C(F)(F)F)N=C2c1ccc(F)cc1. The summed E-state index contributed by atoms with van der Waals surface area (Å²) in [5.74, 6) is 0.168. The molecule has 2 heterocycles. The summed E-state index contributed by atoms with van der Waals surface area (Å²) in [6.45, 7) is 1.79. The van der Waals surface area contributed by atoms with Crippen LogP contribution in [0.4, 0.5) is 17.6 Å². The summed E-state index contributed by atoms with van der Waals surface area (Å²) in [5.41, 5.74) is 1.29. The molecule has 0 saturated carbocycles. The van der Waals surface area contributed by atoms with E-state index >= 15 is 0 Å². The zero-order chi connectivity index (χ0) is 23.9. The fraction of sp³-hybridized carbons (Fsp3) is 0.250. The number of benzene rings is 2. The van der Waals surface area contributed by atoms with Crippen molar-refractivity contribution in [3.8, 4) is 11.1 Å². The highest BCUT2D eigenvalue weighted by molar-refractivity contribution is 7.84. The molecule has 4 rings (SSSR count). The third-order valence-electron chi connectivity index (χ3n) is 5.52. The highest BCUT2D eigenvalue weighted by Gasteiger charge is 2.44. The van der Waals surface area contributed by atoms with Crippen molar-refractivity contribution in [2.24, 2.45) is 12.0 Å². The van der Waals surface area contributed by atoms with E-state index in [1.165, 1.54) is 29.9 Å². The Morgan fingerprint density at radius 3 is 2.36 bits per heavy atom. The molecule has 2 atom stereocenters. The van der Waals surface area contributed by atoms with Crippen LogP contribution in [0.5, 0.6) is 0 Å². The lowest BCUT2D eigenvalue weighted by Gasteiger charge is -2.19. The fourth-order valence-corrected chi connectivity index (χ4v) is 4.61. The molecule has 1 unspecified atom stereocenters. The standard InChI is InChI=1S/C24H20F4N2O2S/c1-3-33(32)13-14-4-9-17-18(10-14)20-12-30(2)21(31)11-19(20)23(24(26,27)28)29-22(17)15-5-7-16(25)8-6-15/h4-12,23H,3,13H2,1-2H3/t23-,33?/m1/s1. The molecule has 1 aromatic heterocycles. The Balaban J connectivity index is 2.06. The molecular weight excluding hydrogens is 456 g/mol. The predicted molar refractivity (Wildman–Crippen MR) is 120 cm³/mol. The van der Waals surface area contributed by atoms with Crippen LogP contribution in [0.1, 0.15) is 35.2 Å². The summed E-state index contributed by atoms with van der Waals surface area (Å²) in [6.07, 6.45) is -3.39. The minimum atomic E-state index is -4.76. The topological polar surface area (TPSA) is 51.4 Å². The van der Waals surface area contributed by atoms with Crippen molar-refractivity contribution >= 4 is 16.5 Å². The molecule has 0 aliphatic carbocycles. The molecule has 172 valence electrons. The van der Waals surface area contributed by atoms with Crippen LogP contribution in [-0.2, 0) is 23.6 Å². The number of nitrogens with zero attached hydrogens (tertiary/aromatic N) is 2. The lowest BCUT2D eigenvalue weighted by molar-refractivity contribution is -0.148. The predicted octanol–water partition coefficient (Wildman–Crippen LogP) is 4.91. The van der Waals surface area contributed by atoms with Gasteiger partial charge in [-0.15, -0.1) is 0 Å². The number of hydrogen-bond donors (Lipinski definition) is 0. The van der Waals surface area contributed by atoms with E-state index in [1.54, 1.807) is 25.1 Å². The molecule has 9 heteroatoms. The Morgan fingerprint density at radius 2 is 1.73 bits per heavy atom. The number of rotatable bonds is 4. The molecule has 0 bridgehead atoms. The third-order valence-corrected chi connectivity index (χ3v) is 6.82. The van der Waals surface area contributed by atoms with Gasteiger partial charge in [-0.2, -0.15) is 13.2 Å². The molecule has 0 saturated heterocycles. The average Bonchev–Trinajstić information content (AvgIpc) is 2.89. The summed E-state index contributed by atoms with van der Waals surface area (Å²) in [4.78, 5) is 16.4. The van der Waals surface area contributed by atoms with Gasteiger partial charge in [-0.3, -0.25) is 14.0 Å². The number of halogens is 4. The van der Waals surface area contributed by atoms with Gasteiger partial charge in [0.25, 0.3) is 5.56 Å². The van der Waals surface area contributed by atoms with Crippen molar-refractivity contribution in [1.82, 2.24) is 4.57 Å². The fourth-order valence-electron chi connectivity index (χ4n) is 3.85. The molecule has 0 spiro atoms. The van der Waals surface area contributed by atoms with Crippen LogP contribution >= 0.6 is 0 Å². The van der Waals surface area contributed by atoms with Crippen molar-refractivity contribution in [2.75, 3.05) is 5.75 Å². The maximum absolute atomic E-state index is 14.2. The second kappa shape index (κ2) is 8.70. The van der Waals surface area contributed by atoms with E-state index in [0.717, 1.165) is 18.2 Å². The number of hydrogen-bond acceptors (Lipinski definition) is 3. The lowest BCUT2D eigenvalue weighted by atomic mass is 9.91. The van der Waals surface area contributed by atoms with Gasteiger partial charge >= 0.3 is 6.18 Å². The van der Waals surface area contributed by atoms with E-state index < -0.39 is 34.4 Å². The van der Waals surface area contributed by atoms with Gasteiger partial charge in [-0.05, 0) is 41.5 Å². The van der Waals surface area contributed by atoms with Crippen LogP contribution in [0.15, 0.2) is 64.5 Å². The largest absolute Gasteiger partial charge is 0.414 e. The van der Waals surface area contributed by atoms with Gasteiger partial charge in [0.2, 0.25) is 0 Å². The third kappa shape index (κ3) is 4.55. The van der Waals surface area contributed by atoms with Crippen molar-refractivity contribution < 1.29 is 21.8 Å². The van der Waals surface area contributed by atoms with Crippen LogP contribution in [0, 0.1) is 5.82 Å². The smallest absolute Gasteiger partial charge is 0.318 e. The first-order chi connectivity index (χ1) is 15.6. The van der Waals surface area contributed by atoms with Gasteiger partial charge in [-0.25, -0.2) is 4.39 Å². The van der Waals surface area contributed by atoms with Crippen molar-refractivity contribution in [3.05, 3.63) is 93.2 Å². The first-order valence-electron chi connectivity index (χ1n) is 10.2. The van der Waals surface area contributed by atoms with Crippen LogP contribution in [0.25, 0.3) is 11.1 Å². The number of aryl methyl sites for hydroxylation is 1. The zero-order valence-corrected chi connectivity index (χ0v) is 18.6. The minimum absolute atomic E-state index is 0.0433. The Kier molecular flexibility index (Phi) is 6.09. The maximum Gasteiger partial charge on any atom is 0.414 e. The molecule has 2 aromatic carbocycles. The normalized spacial score (nSPS) is 16.4. The highest BCUT2D eigenvalue weighted by atomic mass is 32.2. The van der Waals surface area contributed by atoms with E-state index in [1.807, 2.05) is 0 Å². The molecule has 1 aliphatic rings. The van der Waals surface area contributed by atoms with Gasteiger partial charge in [0.15, 0.2) is 6.04 Å². The molecule has 0 N–H and O–H groups in total. The summed E-state index contributed by atoms with van der Waals surface area (Å²) >= 11 is 0. The molecule has 3 aromatic rings. The molecule has 4 nitrogen and oxygen atoms in total. The van der Waals surface area contributed by atoms with E-state index in [9.17, 15) is 26.6 Å².